The molecule has 2 N–H and O–H groups in total. The first-order chi connectivity index (χ1) is 13.5. The molecule has 0 unspecified atom stereocenters. The monoisotopic (exact) mass is 399 g/mol. The van der Waals surface area contributed by atoms with Gasteiger partial charge in [0, 0.05) is 45.3 Å². The molecule has 28 heavy (non-hydrogen) atoms. The Kier molecular flexibility index (Phi) is 9.22. The second-order valence-corrected chi connectivity index (χ2v) is 6.70. The summed E-state index contributed by atoms with van der Waals surface area (Å²) >= 11 is 0. The van der Waals surface area contributed by atoms with Crippen LogP contribution in [0.5, 0.6) is 11.5 Å². The van der Waals surface area contributed by atoms with Crippen molar-refractivity contribution < 1.29 is 18.3 Å². The van der Waals surface area contributed by atoms with E-state index in [1.165, 1.54) is 19.6 Å². The summed E-state index contributed by atoms with van der Waals surface area (Å²) in [7, 11) is 5.36. The van der Waals surface area contributed by atoms with E-state index in [4.69, 9.17) is 4.74 Å². The first-order valence-corrected chi connectivity index (χ1v) is 9.49. The minimum Gasteiger partial charge on any atom is -0.497 e. The number of alkyl halides is 2. The van der Waals surface area contributed by atoms with Gasteiger partial charge in [0.2, 0.25) is 0 Å². The number of halogens is 2. The molecule has 0 radical (unpaired) electrons. The molecule has 1 aliphatic rings. The van der Waals surface area contributed by atoms with Gasteiger partial charge in [-0.2, -0.15) is 8.78 Å². The molecule has 1 heterocycles. The number of likely N-dealkylation sites (N-methyl/N-ethyl adjacent to an activating group) is 1. The topological polar surface area (TPSA) is 61.4 Å². The van der Waals surface area contributed by atoms with Crippen LogP contribution in [-0.4, -0.2) is 82.8 Å². The van der Waals surface area contributed by atoms with Gasteiger partial charge in [0.25, 0.3) is 0 Å². The minimum atomic E-state index is -2.88. The average Bonchev–Trinajstić information content (AvgIpc) is 2.89. The third-order valence-corrected chi connectivity index (χ3v) is 4.69. The zero-order chi connectivity index (χ0) is 20.4. The lowest BCUT2D eigenvalue weighted by Gasteiger charge is -2.21. The van der Waals surface area contributed by atoms with Gasteiger partial charge >= 0.3 is 6.61 Å². The lowest BCUT2D eigenvalue weighted by atomic mass is 10.2. The Hall–Kier alpha value is -2.13. The molecule has 0 aliphatic carbocycles. The maximum absolute atomic E-state index is 12.6. The van der Waals surface area contributed by atoms with E-state index in [9.17, 15) is 8.78 Å². The van der Waals surface area contributed by atoms with E-state index in [2.05, 4.69) is 37.2 Å². The van der Waals surface area contributed by atoms with Crippen LogP contribution in [0, 0.1) is 0 Å². The summed E-state index contributed by atoms with van der Waals surface area (Å²) in [6, 6.07) is 4.74. The number of methoxy groups -OCH3 is 1. The van der Waals surface area contributed by atoms with Crippen molar-refractivity contribution in [1.29, 1.82) is 0 Å². The molecule has 1 fully saturated rings. The molecule has 158 valence electrons. The Bertz CT molecular complexity index is 630. The number of nitrogens with zero attached hydrogens (tertiary/aromatic N) is 3. The number of guanidine groups is 1. The van der Waals surface area contributed by atoms with Crippen LogP contribution >= 0.6 is 0 Å². The van der Waals surface area contributed by atoms with E-state index >= 15 is 0 Å². The number of aliphatic imine (C=N–C) groups is 1. The Labute approximate surface area is 165 Å². The van der Waals surface area contributed by atoms with Gasteiger partial charge in [-0.25, -0.2) is 0 Å². The van der Waals surface area contributed by atoms with E-state index in [-0.39, 0.29) is 12.3 Å². The van der Waals surface area contributed by atoms with Gasteiger partial charge in [0.05, 0.1) is 7.11 Å². The number of rotatable bonds is 8. The molecule has 0 amide bonds. The molecular formula is C19H31F2N5O2. The maximum Gasteiger partial charge on any atom is 0.387 e. The summed E-state index contributed by atoms with van der Waals surface area (Å²) in [6.07, 6.45) is 1.17. The summed E-state index contributed by atoms with van der Waals surface area (Å²) in [6.45, 7) is 3.45. The summed E-state index contributed by atoms with van der Waals surface area (Å²) in [4.78, 5) is 8.98. The third kappa shape index (κ3) is 7.47. The van der Waals surface area contributed by atoms with Crippen molar-refractivity contribution in [3.63, 3.8) is 0 Å². The largest absolute Gasteiger partial charge is 0.497 e. The van der Waals surface area contributed by atoms with Crippen LogP contribution in [-0.2, 0) is 6.54 Å². The highest BCUT2D eigenvalue weighted by Crippen LogP contribution is 2.25. The number of nitrogens with one attached hydrogen (secondary N) is 2. The summed E-state index contributed by atoms with van der Waals surface area (Å²) < 4.78 is 35.0. The Morgan fingerprint density at radius 1 is 1.21 bits per heavy atom. The molecule has 1 aliphatic heterocycles. The zero-order valence-electron chi connectivity index (χ0n) is 16.9. The third-order valence-electron chi connectivity index (χ3n) is 4.69. The lowest BCUT2D eigenvalue weighted by Crippen LogP contribution is -2.42. The Morgan fingerprint density at radius 2 is 2.04 bits per heavy atom. The molecule has 2 rings (SSSR count). The first kappa shape index (κ1) is 22.2. The van der Waals surface area contributed by atoms with Crippen molar-refractivity contribution in [2.24, 2.45) is 4.99 Å². The van der Waals surface area contributed by atoms with Crippen LogP contribution in [0.25, 0.3) is 0 Å². The van der Waals surface area contributed by atoms with E-state index in [1.54, 1.807) is 19.2 Å². The van der Waals surface area contributed by atoms with Crippen molar-refractivity contribution in [3.8, 4) is 11.5 Å². The highest BCUT2D eigenvalue weighted by Gasteiger charge is 2.13. The van der Waals surface area contributed by atoms with Gasteiger partial charge in [-0.1, -0.05) is 0 Å². The standard InChI is InChI=1S/C19H31F2N5O2/c1-22-19(23-7-10-26-9-4-8-25(2)11-12-26)24-14-15-13-16(27-3)5-6-17(15)28-18(20)21/h5-6,13,18H,4,7-12,14H2,1-3H3,(H2,22,23,24). The van der Waals surface area contributed by atoms with Crippen LogP contribution in [0.15, 0.2) is 23.2 Å². The smallest absolute Gasteiger partial charge is 0.387 e. The van der Waals surface area contributed by atoms with Gasteiger partial charge in [-0.3, -0.25) is 4.99 Å². The fourth-order valence-corrected chi connectivity index (χ4v) is 3.09. The Balaban J connectivity index is 1.84. The second kappa shape index (κ2) is 11.7. The van der Waals surface area contributed by atoms with E-state index in [0.29, 0.717) is 17.3 Å². The van der Waals surface area contributed by atoms with E-state index in [0.717, 1.165) is 39.3 Å². The number of benzene rings is 1. The van der Waals surface area contributed by atoms with Crippen molar-refractivity contribution in [3.05, 3.63) is 23.8 Å². The van der Waals surface area contributed by atoms with Crippen LogP contribution in [0.2, 0.25) is 0 Å². The fourth-order valence-electron chi connectivity index (χ4n) is 3.09. The summed E-state index contributed by atoms with van der Waals surface area (Å²) in [5.41, 5.74) is 0.568. The van der Waals surface area contributed by atoms with Crippen molar-refractivity contribution in [2.75, 3.05) is 60.5 Å². The SMILES string of the molecule is CN=C(NCCN1CCCN(C)CC1)NCc1cc(OC)ccc1OC(F)F. The van der Waals surface area contributed by atoms with Crippen LogP contribution in [0.1, 0.15) is 12.0 Å². The van der Waals surface area contributed by atoms with E-state index < -0.39 is 6.61 Å². The van der Waals surface area contributed by atoms with Crippen molar-refractivity contribution in [1.82, 2.24) is 20.4 Å². The highest BCUT2D eigenvalue weighted by molar-refractivity contribution is 5.79. The predicted octanol–water partition coefficient (Wildman–Crippen LogP) is 1.60. The van der Waals surface area contributed by atoms with Gasteiger partial charge < -0.3 is 29.9 Å². The van der Waals surface area contributed by atoms with Crippen molar-refractivity contribution >= 4 is 5.96 Å². The molecule has 7 nitrogen and oxygen atoms in total. The molecule has 0 bridgehead atoms. The predicted molar refractivity (Wildman–Crippen MR) is 106 cm³/mol. The number of hydrogen-bond acceptors (Lipinski definition) is 5. The van der Waals surface area contributed by atoms with Gasteiger partial charge in [-0.05, 0) is 44.8 Å². The zero-order valence-corrected chi connectivity index (χ0v) is 16.9. The Morgan fingerprint density at radius 3 is 2.75 bits per heavy atom. The minimum absolute atomic E-state index is 0.118. The van der Waals surface area contributed by atoms with Gasteiger partial charge in [0.15, 0.2) is 5.96 Å². The van der Waals surface area contributed by atoms with E-state index in [1.807, 2.05) is 0 Å². The molecular weight excluding hydrogens is 368 g/mol. The molecule has 0 spiro atoms. The molecule has 1 aromatic rings. The summed E-state index contributed by atoms with van der Waals surface area (Å²) in [5.74, 6) is 1.30. The lowest BCUT2D eigenvalue weighted by molar-refractivity contribution is -0.0504. The highest BCUT2D eigenvalue weighted by atomic mass is 19.3. The molecule has 9 heteroatoms. The first-order valence-electron chi connectivity index (χ1n) is 9.49. The van der Waals surface area contributed by atoms with Crippen LogP contribution < -0.4 is 20.1 Å². The van der Waals surface area contributed by atoms with Gasteiger partial charge in [0.1, 0.15) is 11.5 Å². The quantitative estimate of drug-likeness (QED) is 0.512. The molecule has 0 saturated carbocycles. The second-order valence-electron chi connectivity index (χ2n) is 6.70. The normalized spacial score (nSPS) is 16.7. The number of hydrogen-bond donors (Lipinski definition) is 2. The fraction of sp³-hybridized carbons (Fsp3) is 0.632. The molecule has 1 aromatic carbocycles. The van der Waals surface area contributed by atoms with Crippen molar-refractivity contribution in [2.45, 2.75) is 19.6 Å². The van der Waals surface area contributed by atoms with Crippen LogP contribution in [0.3, 0.4) is 0 Å². The maximum atomic E-state index is 12.6. The van der Waals surface area contributed by atoms with Crippen LogP contribution in [0.4, 0.5) is 8.78 Å². The molecule has 0 aromatic heterocycles. The average molecular weight is 399 g/mol. The molecule has 0 atom stereocenters. The molecule has 1 saturated heterocycles. The number of ether oxygens (including phenoxy) is 2. The van der Waals surface area contributed by atoms with Gasteiger partial charge in [-0.15, -0.1) is 0 Å². The summed E-state index contributed by atoms with van der Waals surface area (Å²) in [5, 5.41) is 6.41.